The fraction of sp³-hybridized carbons (Fsp3) is 0.409. The van der Waals surface area contributed by atoms with Crippen molar-refractivity contribution >= 4 is 41.3 Å². The second-order valence-corrected chi connectivity index (χ2v) is 7.10. The average molecular weight is 543 g/mol. The normalized spacial score (nSPS) is 14.7. The van der Waals surface area contributed by atoms with Crippen molar-refractivity contribution in [3.05, 3.63) is 48.3 Å². The van der Waals surface area contributed by atoms with Crippen LogP contribution in [0.2, 0.25) is 0 Å². The number of hydrogen-bond donors (Lipinski definition) is 2. The van der Waals surface area contributed by atoms with Gasteiger partial charge in [0.2, 0.25) is 0 Å². The van der Waals surface area contributed by atoms with E-state index in [1.807, 2.05) is 30.3 Å². The predicted molar refractivity (Wildman–Crippen MR) is 135 cm³/mol. The van der Waals surface area contributed by atoms with E-state index in [-0.39, 0.29) is 29.8 Å². The van der Waals surface area contributed by atoms with Crippen molar-refractivity contribution in [3.8, 4) is 11.5 Å². The molecule has 31 heavy (non-hydrogen) atoms. The number of benzene rings is 2. The third-order valence-electron chi connectivity index (χ3n) is 5.14. The van der Waals surface area contributed by atoms with Gasteiger partial charge >= 0.3 is 0 Å². The van der Waals surface area contributed by atoms with Gasteiger partial charge < -0.3 is 25.4 Å². The molecule has 2 aromatic carbocycles. The summed E-state index contributed by atoms with van der Waals surface area (Å²) in [4.78, 5) is 8.89. The quantitative estimate of drug-likeness (QED) is 0.230. The molecule has 1 aliphatic heterocycles. The van der Waals surface area contributed by atoms with E-state index in [9.17, 15) is 4.39 Å². The Labute approximate surface area is 200 Å². The summed E-state index contributed by atoms with van der Waals surface area (Å²) in [6.07, 6.45) is 0.911. The highest BCUT2D eigenvalue weighted by molar-refractivity contribution is 14.0. The second kappa shape index (κ2) is 12.6. The van der Waals surface area contributed by atoms with Crippen molar-refractivity contribution in [1.82, 2.24) is 4.90 Å². The Morgan fingerprint density at radius 3 is 2.45 bits per heavy atom. The molecule has 7 nitrogen and oxygen atoms in total. The SMILES string of the molecule is COc1ccc(NC(N)=NCCCN2CCN(c3ccccc3F)CC2)cc1OC.I. The van der Waals surface area contributed by atoms with Gasteiger partial charge in [0, 0.05) is 51.0 Å². The third-order valence-corrected chi connectivity index (χ3v) is 5.14. The number of halogens is 2. The number of nitrogens with two attached hydrogens (primary N) is 1. The predicted octanol–water partition coefficient (Wildman–Crippen LogP) is 3.40. The van der Waals surface area contributed by atoms with Gasteiger partial charge in [0.25, 0.3) is 0 Å². The summed E-state index contributed by atoms with van der Waals surface area (Å²) >= 11 is 0. The minimum atomic E-state index is -0.155. The molecule has 0 aliphatic carbocycles. The van der Waals surface area contributed by atoms with Gasteiger partial charge in [-0.05, 0) is 30.7 Å². The van der Waals surface area contributed by atoms with Crippen molar-refractivity contribution in [3.63, 3.8) is 0 Å². The number of piperazine rings is 1. The Hall–Kier alpha value is -2.27. The van der Waals surface area contributed by atoms with Crippen LogP contribution < -0.4 is 25.4 Å². The molecule has 0 aromatic heterocycles. The fourth-order valence-corrected chi connectivity index (χ4v) is 3.52. The van der Waals surface area contributed by atoms with E-state index in [4.69, 9.17) is 15.2 Å². The molecule has 0 unspecified atom stereocenters. The summed E-state index contributed by atoms with van der Waals surface area (Å²) in [5.74, 6) is 1.50. The Bertz CT molecular complexity index is 860. The van der Waals surface area contributed by atoms with Gasteiger partial charge in [-0.25, -0.2) is 4.39 Å². The van der Waals surface area contributed by atoms with Crippen molar-refractivity contribution in [1.29, 1.82) is 0 Å². The molecular formula is C22H31FIN5O2. The standard InChI is InChI=1S/C22H30FN5O2.HI/c1-29-20-9-8-17(16-21(20)30-2)26-22(24)25-10-5-11-27-12-14-28(15-13-27)19-7-4-3-6-18(19)23;/h3-4,6-9,16H,5,10-15H2,1-2H3,(H3,24,25,26);1H. The number of methoxy groups -OCH3 is 2. The van der Waals surface area contributed by atoms with Crippen LogP contribution in [0.4, 0.5) is 15.8 Å². The van der Waals surface area contributed by atoms with Gasteiger partial charge in [0.15, 0.2) is 17.5 Å². The van der Waals surface area contributed by atoms with E-state index in [0.717, 1.165) is 44.8 Å². The molecule has 0 atom stereocenters. The largest absolute Gasteiger partial charge is 0.493 e. The second-order valence-electron chi connectivity index (χ2n) is 7.10. The van der Waals surface area contributed by atoms with Crippen LogP contribution >= 0.6 is 24.0 Å². The zero-order chi connectivity index (χ0) is 21.3. The maximum Gasteiger partial charge on any atom is 0.193 e. The molecule has 2 aromatic rings. The van der Waals surface area contributed by atoms with Crippen LogP contribution in [-0.2, 0) is 0 Å². The summed E-state index contributed by atoms with van der Waals surface area (Å²) in [5.41, 5.74) is 7.48. The minimum absolute atomic E-state index is 0. The first-order valence-corrected chi connectivity index (χ1v) is 10.1. The molecule has 1 saturated heterocycles. The van der Waals surface area contributed by atoms with E-state index >= 15 is 0 Å². The first-order chi connectivity index (χ1) is 14.6. The summed E-state index contributed by atoms with van der Waals surface area (Å²) < 4.78 is 24.5. The van der Waals surface area contributed by atoms with Crippen LogP contribution in [0.15, 0.2) is 47.5 Å². The van der Waals surface area contributed by atoms with Crippen molar-refractivity contribution in [2.24, 2.45) is 10.7 Å². The maximum atomic E-state index is 13.9. The monoisotopic (exact) mass is 543 g/mol. The topological polar surface area (TPSA) is 75.4 Å². The Kier molecular flexibility index (Phi) is 10.1. The summed E-state index contributed by atoms with van der Waals surface area (Å²) in [5, 5.41) is 3.07. The Morgan fingerprint density at radius 1 is 1.06 bits per heavy atom. The molecule has 0 bridgehead atoms. The van der Waals surface area contributed by atoms with E-state index in [1.165, 1.54) is 6.07 Å². The highest BCUT2D eigenvalue weighted by Crippen LogP contribution is 2.29. The molecule has 170 valence electrons. The number of aliphatic imine (C=N–C) groups is 1. The van der Waals surface area contributed by atoms with Crippen LogP contribution in [0.3, 0.4) is 0 Å². The third kappa shape index (κ3) is 7.13. The molecule has 1 fully saturated rings. The molecule has 0 amide bonds. The summed E-state index contributed by atoms with van der Waals surface area (Å²) in [7, 11) is 3.19. The van der Waals surface area contributed by atoms with Gasteiger partial charge in [0.1, 0.15) is 5.82 Å². The van der Waals surface area contributed by atoms with E-state index in [0.29, 0.717) is 29.7 Å². The highest BCUT2D eigenvalue weighted by atomic mass is 127. The number of anilines is 2. The van der Waals surface area contributed by atoms with Crippen LogP contribution in [0.1, 0.15) is 6.42 Å². The van der Waals surface area contributed by atoms with Crippen LogP contribution in [0, 0.1) is 5.82 Å². The first-order valence-electron chi connectivity index (χ1n) is 10.1. The van der Waals surface area contributed by atoms with Crippen molar-refractivity contribution < 1.29 is 13.9 Å². The molecule has 1 aliphatic rings. The van der Waals surface area contributed by atoms with Gasteiger partial charge in [-0.3, -0.25) is 9.89 Å². The lowest BCUT2D eigenvalue weighted by molar-refractivity contribution is 0.256. The molecule has 0 spiro atoms. The lowest BCUT2D eigenvalue weighted by atomic mass is 10.2. The van der Waals surface area contributed by atoms with Crippen molar-refractivity contribution in [2.45, 2.75) is 6.42 Å². The fourth-order valence-electron chi connectivity index (χ4n) is 3.52. The number of nitrogens with zero attached hydrogens (tertiary/aromatic N) is 3. The van der Waals surface area contributed by atoms with E-state index < -0.39 is 0 Å². The molecule has 1 heterocycles. The van der Waals surface area contributed by atoms with Crippen LogP contribution in [0.25, 0.3) is 0 Å². The Balaban J connectivity index is 0.00000341. The van der Waals surface area contributed by atoms with E-state index in [2.05, 4.69) is 20.1 Å². The van der Waals surface area contributed by atoms with Crippen molar-refractivity contribution in [2.75, 3.05) is 63.7 Å². The molecule has 9 heteroatoms. The minimum Gasteiger partial charge on any atom is -0.493 e. The smallest absolute Gasteiger partial charge is 0.193 e. The molecule has 3 N–H and O–H groups in total. The van der Waals surface area contributed by atoms with E-state index in [1.54, 1.807) is 20.3 Å². The Morgan fingerprint density at radius 2 is 1.77 bits per heavy atom. The number of nitrogens with one attached hydrogen (secondary N) is 1. The van der Waals surface area contributed by atoms with Gasteiger partial charge in [-0.2, -0.15) is 0 Å². The first kappa shape index (κ1) is 25.0. The number of para-hydroxylation sites is 1. The average Bonchev–Trinajstić information content (AvgIpc) is 2.77. The molecule has 3 rings (SSSR count). The number of ether oxygens (including phenoxy) is 2. The lowest BCUT2D eigenvalue weighted by Crippen LogP contribution is -2.47. The van der Waals surface area contributed by atoms with Gasteiger partial charge in [-0.1, -0.05) is 12.1 Å². The number of hydrogen-bond acceptors (Lipinski definition) is 5. The summed E-state index contributed by atoms with van der Waals surface area (Å²) in [6, 6.07) is 12.4. The molecular weight excluding hydrogens is 512 g/mol. The zero-order valence-electron chi connectivity index (χ0n) is 18.0. The van der Waals surface area contributed by atoms with Crippen LogP contribution in [0.5, 0.6) is 11.5 Å². The highest BCUT2D eigenvalue weighted by Gasteiger charge is 2.18. The maximum absolute atomic E-state index is 13.9. The number of guanidine groups is 1. The molecule has 0 saturated carbocycles. The zero-order valence-corrected chi connectivity index (χ0v) is 20.3. The number of rotatable bonds is 8. The molecule has 0 radical (unpaired) electrons. The van der Waals surface area contributed by atoms with Gasteiger partial charge in [0.05, 0.1) is 19.9 Å². The van der Waals surface area contributed by atoms with Crippen LogP contribution in [-0.4, -0.2) is 64.3 Å². The lowest BCUT2D eigenvalue weighted by Gasteiger charge is -2.36. The summed E-state index contributed by atoms with van der Waals surface area (Å²) in [6.45, 7) is 5.06. The van der Waals surface area contributed by atoms with Gasteiger partial charge in [-0.15, -0.1) is 24.0 Å².